The lowest BCUT2D eigenvalue weighted by Crippen LogP contribution is -2.52. The molecule has 4 rings (SSSR count). The van der Waals surface area contributed by atoms with Crippen LogP contribution in [0.4, 0.5) is 0 Å². The summed E-state index contributed by atoms with van der Waals surface area (Å²) in [5, 5.41) is 7.18. The van der Waals surface area contributed by atoms with E-state index in [0.717, 1.165) is 10.8 Å². The zero-order chi connectivity index (χ0) is 21.1. The standard InChI is InChI=1S/C22H25N3O3S2/c1-17(21-7-4-14-29-21)23-16-22(26)24-10-12-25(13-11-24)30(27,28)20-9-8-18-5-2-3-6-19(18)15-20/h2-9,14-15,17,23H,10-13,16H2,1H3. The maximum absolute atomic E-state index is 13.1. The lowest BCUT2D eigenvalue weighted by molar-refractivity contribution is -0.131. The van der Waals surface area contributed by atoms with Gasteiger partial charge in [-0.2, -0.15) is 4.31 Å². The fourth-order valence-corrected chi connectivity index (χ4v) is 5.86. The van der Waals surface area contributed by atoms with Crippen molar-refractivity contribution in [2.24, 2.45) is 0 Å². The van der Waals surface area contributed by atoms with E-state index in [1.165, 1.54) is 9.18 Å². The first-order chi connectivity index (χ1) is 14.4. The summed E-state index contributed by atoms with van der Waals surface area (Å²) in [7, 11) is -3.58. The molecule has 0 saturated carbocycles. The molecule has 0 spiro atoms. The molecule has 0 aliphatic carbocycles. The molecule has 3 aromatic rings. The van der Waals surface area contributed by atoms with Crippen LogP contribution in [0.25, 0.3) is 10.8 Å². The molecule has 0 bridgehead atoms. The molecule has 1 saturated heterocycles. The number of thiophene rings is 1. The van der Waals surface area contributed by atoms with Crippen LogP contribution in [0.15, 0.2) is 64.9 Å². The monoisotopic (exact) mass is 443 g/mol. The minimum Gasteiger partial charge on any atom is -0.339 e. The number of piperazine rings is 1. The molecular formula is C22H25N3O3S2. The van der Waals surface area contributed by atoms with E-state index in [1.54, 1.807) is 28.4 Å². The predicted molar refractivity (Wildman–Crippen MR) is 120 cm³/mol. The van der Waals surface area contributed by atoms with Crippen LogP contribution >= 0.6 is 11.3 Å². The van der Waals surface area contributed by atoms with Crippen molar-refractivity contribution in [2.75, 3.05) is 32.7 Å². The highest BCUT2D eigenvalue weighted by Gasteiger charge is 2.30. The van der Waals surface area contributed by atoms with Gasteiger partial charge in [-0.15, -0.1) is 11.3 Å². The van der Waals surface area contributed by atoms with Gasteiger partial charge in [0, 0.05) is 37.1 Å². The van der Waals surface area contributed by atoms with Crippen molar-refractivity contribution in [3.8, 4) is 0 Å². The molecule has 1 aliphatic heterocycles. The van der Waals surface area contributed by atoms with E-state index in [0.29, 0.717) is 31.1 Å². The second-order valence-electron chi connectivity index (χ2n) is 7.41. The average molecular weight is 444 g/mol. The smallest absolute Gasteiger partial charge is 0.243 e. The molecule has 0 radical (unpaired) electrons. The van der Waals surface area contributed by atoms with E-state index in [4.69, 9.17) is 0 Å². The maximum atomic E-state index is 13.1. The van der Waals surface area contributed by atoms with Crippen molar-refractivity contribution in [3.63, 3.8) is 0 Å². The SMILES string of the molecule is CC(NCC(=O)N1CCN(S(=O)(=O)c2ccc3ccccc3c2)CC1)c1cccs1. The van der Waals surface area contributed by atoms with Crippen molar-refractivity contribution in [3.05, 3.63) is 64.9 Å². The average Bonchev–Trinajstić information content (AvgIpc) is 3.32. The number of fused-ring (bicyclic) bond motifs is 1. The third kappa shape index (κ3) is 4.41. The van der Waals surface area contributed by atoms with Crippen LogP contribution in [0, 0.1) is 0 Å². The van der Waals surface area contributed by atoms with Crippen LogP contribution in [-0.2, 0) is 14.8 Å². The lowest BCUT2D eigenvalue weighted by Gasteiger charge is -2.34. The quantitative estimate of drug-likeness (QED) is 0.636. The number of hydrogen-bond acceptors (Lipinski definition) is 5. The van der Waals surface area contributed by atoms with E-state index < -0.39 is 10.0 Å². The Kier molecular flexibility index (Phi) is 6.19. The number of rotatable bonds is 6. The summed E-state index contributed by atoms with van der Waals surface area (Å²) in [6.07, 6.45) is 0. The van der Waals surface area contributed by atoms with Crippen molar-refractivity contribution in [1.82, 2.24) is 14.5 Å². The summed E-state index contributed by atoms with van der Waals surface area (Å²) >= 11 is 1.66. The summed E-state index contributed by atoms with van der Waals surface area (Å²) in [5.41, 5.74) is 0. The Labute approximate surface area is 181 Å². The number of nitrogens with one attached hydrogen (secondary N) is 1. The highest BCUT2D eigenvalue weighted by Crippen LogP contribution is 2.23. The molecule has 1 atom stereocenters. The first kappa shape index (κ1) is 21.0. The Morgan fingerprint density at radius 1 is 1.03 bits per heavy atom. The Bertz CT molecular complexity index is 1120. The molecule has 1 unspecified atom stereocenters. The summed E-state index contributed by atoms with van der Waals surface area (Å²) in [4.78, 5) is 15.8. The van der Waals surface area contributed by atoms with E-state index in [2.05, 4.69) is 5.32 Å². The number of carbonyl (C=O) groups is 1. The molecule has 8 heteroatoms. The number of carbonyl (C=O) groups excluding carboxylic acids is 1. The van der Waals surface area contributed by atoms with E-state index in [-0.39, 0.29) is 18.5 Å². The van der Waals surface area contributed by atoms with Gasteiger partial charge in [0.05, 0.1) is 11.4 Å². The zero-order valence-electron chi connectivity index (χ0n) is 16.8. The molecule has 2 aromatic carbocycles. The van der Waals surface area contributed by atoms with Gasteiger partial charge in [-0.1, -0.05) is 36.4 Å². The van der Waals surface area contributed by atoms with E-state index >= 15 is 0 Å². The molecule has 1 N–H and O–H groups in total. The first-order valence-electron chi connectivity index (χ1n) is 9.99. The number of benzene rings is 2. The highest BCUT2D eigenvalue weighted by atomic mass is 32.2. The predicted octanol–water partition coefficient (Wildman–Crippen LogP) is 3.09. The Hall–Kier alpha value is -2.26. The topological polar surface area (TPSA) is 69.7 Å². The van der Waals surface area contributed by atoms with Crippen LogP contribution in [0.3, 0.4) is 0 Å². The molecule has 1 amide bonds. The van der Waals surface area contributed by atoms with Crippen LogP contribution in [0.2, 0.25) is 0 Å². The molecule has 1 aliphatic rings. The number of nitrogens with zero attached hydrogens (tertiary/aromatic N) is 2. The van der Waals surface area contributed by atoms with Gasteiger partial charge in [0.2, 0.25) is 15.9 Å². The molecule has 2 heterocycles. The second-order valence-corrected chi connectivity index (χ2v) is 10.3. The van der Waals surface area contributed by atoms with Gasteiger partial charge >= 0.3 is 0 Å². The minimum atomic E-state index is -3.58. The summed E-state index contributed by atoms with van der Waals surface area (Å²) < 4.78 is 27.6. The third-order valence-corrected chi connectivity index (χ3v) is 8.43. The molecule has 30 heavy (non-hydrogen) atoms. The van der Waals surface area contributed by atoms with Gasteiger partial charge in [-0.25, -0.2) is 8.42 Å². The van der Waals surface area contributed by atoms with Crippen molar-refractivity contribution in [1.29, 1.82) is 0 Å². The normalized spacial score (nSPS) is 16.6. The Balaban J connectivity index is 1.35. The fourth-order valence-electron chi connectivity index (χ4n) is 3.65. The summed E-state index contributed by atoms with van der Waals surface area (Å²) in [5.74, 6) is 0.00107. The molecular weight excluding hydrogens is 418 g/mol. The third-order valence-electron chi connectivity index (χ3n) is 5.48. The van der Waals surface area contributed by atoms with Crippen LogP contribution < -0.4 is 5.32 Å². The van der Waals surface area contributed by atoms with Crippen LogP contribution in [-0.4, -0.2) is 56.3 Å². The van der Waals surface area contributed by atoms with Gasteiger partial charge in [0.25, 0.3) is 0 Å². The lowest BCUT2D eigenvalue weighted by atomic mass is 10.1. The van der Waals surface area contributed by atoms with Gasteiger partial charge in [-0.05, 0) is 41.3 Å². The van der Waals surface area contributed by atoms with Crippen LogP contribution in [0.5, 0.6) is 0 Å². The molecule has 1 fully saturated rings. The first-order valence-corrected chi connectivity index (χ1v) is 12.3. The molecule has 1 aromatic heterocycles. The van der Waals surface area contributed by atoms with Crippen LogP contribution in [0.1, 0.15) is 17.8 Å². The Morgan fingerprint density at radius 3 is 2.47 bits per heavy atom. The zero-order valence-corrected chi connectivity index (χ0v) is 18.5. The molecule has 158 valence electrons. The maximum Gasteiger partial charge on any atom is 0.243 e. The van der Waals surface area contributed by atoms with E-state index in [9.17, 15) is 13.2 Å². The second kappa shape index (κ2) is 8.85. The number of sulfonamides is 1. The highest BCUT2D eigenvalue weighted by molar-refractivity contribution is 7.89. The largest absolute Gasteiger partial charge is 0.339 e. The van der Waals surface area contributed by atoms with Gasteiger partial charge in [0.15, 0.2) is 0 Å². The number of hydrogen-bond donors (Lipinski definition) is 1. The Morgan fingerprint density at radius 2 is 1.77 bits per heavy atom. The van der Waals surface area contributed by atoms with Gasteiger partial charge < -0.3 is 10.2 Å². The van der Waals surface area contributed by atoms with Crippen molar-refractivity contribution >= 4 is 38.0 Å². The van der Waals surface area contributed by atoms with E-state index in [1.807, 2.05) is 54.8 Å². The van der Waals surface area contributed by atoms with Crippen molar-refractivity contribution < 1.29 is 13.2 Å². The van der Waals surface area contributed by atoms with Crippen molar-refractivity contribution in [2.45, 2.75) is 17.9 Å². The number of amides is 1. The summed E-state index contributed by atoms with van der Waals surface area (Å²) in [6, 6.07) is 17.1. The summed E-state index contributed by atoms with van der Waals surface area (Å²) in [6.45, 7) is 3.70. The minimum absolute atomic E-state index is 0.00107. The molecule has 6 nitrogen and oxygen atoms in total. The fraction of sp³-hybridized carbons (Fsp3) is 0.318. The van der Waals surface area contributed by atoms with Gasteiger partial charge in [0.1, 0.15) is 0 Å². The van der Waals surface area contributed by atoms with Gasteiger partial charge in [-0.3, -0.25) is 4.79 Å².